The highest BCUT2D eigenvalue weighted by atomic mass is 35.5. The summed E-state index contributed by atoms with van der Waals surface area (Å²) in [5.41, 5.74) is -0.121. The number of hydrogen-bond acceptors (Lipinski definition) is 3. The van der Waals surface area contributed by atoms with Gasteiger partial charge in [0.05, 0.1) is 5.02 Å². The molecule has 2 N–H and O–H groups in total. The Hall–Kier alpha value is -1.75. The normalized spacial score (nSPS) is 15.5. The second-order valence-electron chi connectivity index (χ2n) is 5.11. The summed E-state index contributed by atoms with van der Waals surface area (Å²) < 4.78 is 5.31. The second-order valence-corrected chi connectivity index (χ2v) is 5.52. The minimum Gasteiger partial charge on any atom is -0.483 e. The summed E-state index contributed by atoms with van der Waals surface area (Å²) in [4.78, 5) is 23.0. The van der Waals surface area contributed by atoms with Crippen LogP contribution in [-0.4, -0.2) is 29.6 Å². The molecule has 0 heterocycles. The van der Waals surface area contributed by atoms with E-state index in [1.165, 1.54) is 18.6 Å². The van der Waals surface area contributed by atoms with E-state index in [-0.39, 0.29) is 34.9 Å². The number of carboxylic acid groups (broad SMARTS) is 1. The molecule has 0 atom stereocenters. The minimum absolute atomic E-state index is 0.0905. The van der Waals surface area contributed by atoms with Crippen molar-refractivity contribution < 1.29 is 19.4 Å². The van der Waals surface area contributed by atoms with E-state index in [1.807, 2.05) is 0 Å². The highest BCUT2D eigenvalue weighted by Crippen LogP contribution is 2.26. The van der Waals surface area contributed by atoms with Gasteiger partial charge >= 0.3 is 5.97 Å². The number of carbonyl (C=O) groups excluding carboxylic acids is 1. The molecule has 114 valence electrons. The molecule has 1 aliphatic carbocycles. The molecule has 1 amide bonds. The topological polar surface area (TPSA) is 75.6 Å². The van der Waals surface area contributed by atoms with Gasteiger partial charge in [0.2, 0.25) is 0 Å². The fourth-order valence-corrected chi connectivity index (χ4v) is 2.74. The molecule has 0 saturated heterocycles. The zero-order valence-corrected chi connectivity index (χ0v) is 12.4. The Morgan fingerprint density at radius 1 is 1.29 bits per heavy atom. The van der Waals surface area contributed by atoms with Gasteiger partial charge in [0, 0.05) is 6.04 Å². The Morgan fingerprint density at radius 3 is 2.67 bits per heavy atom. The van der Waals surface area contributed by atoms with Crippen LogP contribution >= 0.6 is 11.6 Å². The molecule has 0 spiro atoms. The van der Waals surface area contributed by atoms with Gasteiger partial charge in [-0.25, -0.2) is 4.79 Å². The monoisotopic (exact) mass is 311 g/mol. The molecule has 1 saturated carbocycles. The molecular weight excluding hydrogens is 294 g/mol. The van der Waals surface area contributed by atoms with Crippen molar-refractivity contribution >= 4 is 23.5 Å². The van der Waals surface area contributed by atoms with Crippen LogP contribution in [0.1, 0.15) is 42.5 Å². The quantitative estimate of drug-likeness (QED) is 0.876. The van der Waals surface area contributed by atoms with E-state index in [0.717, 1.165) is 25.7 Å². The average molecular weight is 312 g/mol. The van der Waals surface area contributed by atoms with Crippen molar-refractivity contribution in [2.75, 3.05) is 6.61 Å². The van der Waals surface area contributed by atoms with Crippen LogP contribution in [0.2, 0.25) is 5.02 Å². The Balaban J connectivity index is 1.92. The number of carboxylic acids is 1. The van der Waals surface area contributed by atoms with Crippen LogP contribution in [0, 0.1) is 0 Å². The maximum Gasteiger partial charge on any atom is 0.341 e. The molecule has 1 fully saturated rings. The number of amides is 1. The summed E-state index contributed by atoms with van der Waals surface area (Å²) in [5.74, 6) is -1.31. The lowest BCUT2D eigenvalue weighted by Crippen LogP contribution is -2.39. The van der Waals surface area contributed by atoms with Gasteiger partial charge in [0.25, 0.3) is 5.91 Å². The highest BCUT2D eigenvalue weighted by Gasteiger charge is 2.18. The lowest BCUT2D eigenvalue weighted by atomic mass is 9.95. The standard InChI is InChI=1S/C15H18ClNO4/c16-11-7-4-8-12(14(11)15(19)20)21-9-13(18)17-10-5-2-1-3-6-10/h4,7-8,10H,1-3,5-6,9H2,(H,17,18)(H,19,20). The fourth-order valence-electron chi connectivity index (χ4n) is 2.49. The Bertz CT molecular complexity index is 526. The maximum absolute atomic E-state index is 11.8. The van der Waals surface area contributed by atoms with E-state index in [9.17, 15) is 9.59 Å². The second kappa shape index (κ2) is 7.31. The van der Waals surface area contributed by atoms with Crippen LogP contribution < -0.4 is 10.1 Å². The Morgan fingerprint density at radius 2 is 2.00 bits per heavy atom. The van der Waals surface area contributed by atoms with Gasteiger partial charge < -0.3 is 15.2 Å². The molecule has 1 aliphatic rings. The van der Waals surface area contributed by atoms with Gasteiger partial charge in [-0.05, 0) is 25.0 Å². The number of carbonyl (C=O) groups is 2. The predicted octanol–water partition coefficient (Wildman–Crippen LogP) is 2.87. The summed E-state index contributed by atoms with van der Waals surface area (Å²) in [7, 11) is 0. The summed E-state index contributed by atoms with van der Waals surface area (Å²) in [6, 6.07) is 4.75. The van der Waals surface area contributed by atoms with E-state index in [0.29, 0.717) is 0 Å². The summed E-state index contributed by atoms with van der Waals surface area (Å²) in [5, 5.41) is 12.1. The first-order valence-corrected chi connectivity index (χ1v) is 7.39. The number of rotatable bonds is 5. The number of benzene rings is 1. The third kappa shape index (κ3) is 4.36. The largest absolute Gasteiger partial charge is 0.483 e. The highest BCUT2D eigenvalue weighted by molar-refractivity contribution is 6.33. The molecule has 5 nitrogen and oxygen atoms in total. The van der Waals surface area contributed by atoms with E-state index in [4.69, 9.17) is 21.4 Å². The van der Waals surface area contributed by atoms with Gasteiger partial charge in [-0.2, -0.15) is 0 Å². The van der Waals surface area contributed by atoms with Crippen molar-refractivity contribution in [2.24, 2.45) is 0 Å². The van der Waals surface area contributed by atoms with Crippen molar-refractivity contribution in [1.29, 1.82) is 0 Å². The first-order valence-electron chi connectivity index (χ1n) is 7.02. The molecule has 1 aromatic rings. The molecule has 0 bridgehead atoms. The van der Waals surface area contributed by atoms with Gasteiger partial charge in [0.15, 0.2) is 6.61 Å². The molecule has 0 aliphatic heterocycles. The SMILES string of the molecule is O=C(COc1cccc(Cl)c1C(=O)O)NC1CCCCC1. The third-order valence-corrected chi connectivity index (χ3v) is 3.83. The van der Waals surface area contributed by atoms with Gasteiger partial charge in [0.1, 0.15) is 11.3 Å². The van der Waals surface area contributed by atoms with Crippen LogP contribution in [0.3, 0.4) is 0 Å². The van der Waals surface area contributed by atoms with Crippen LogP contribution in [0.5, 0.6) is 5.75 Å². The number of nitrogens with one attached hydrogen (secondary N) is 1. The minimum atomic E-state index is -1.18. The van der Waals surface area contributed by atoms with Crippen molar-refractivity contribution in [1.82, 2.24) is 5.32 Å². The molecule has 21 heavy (non-hydrogen) atoms. The lowest BCUT2D eigenvalue weighted by molar-refractivity contribution is -0.124. The number of hydrogen-bond donors (Lipinski definition) is 2. The van der Waals surface area contributed by atoms with E-state index in [2.05, 4.69) is 5.32 Å². The number of halogens is 1. The van der Waals surface area contributed by atoms with Crippen LogP contribution in [-0.2, 0) is 4.79 Å². The van der Waals surface area contributed by atoms with Crippen LogP contribution in [0.4, 0.5) is 0 Å². The van der Waals surface area contributed by atoms with Crippen LogP contribution in [0.25, 0.3) is 0 Å². The smallest absolute Gasteiger partial charge is 0.341 e. The van der Waals surface area contributed by atoms with Crippen molar-refractivity contribution in [3.63, 3.8) is 0 Å². The van der Waals surface area contributed by atoms with Gasteiger partial charge in [-0.15, -0.1) is 0 Å². The number of aromatic carboxylic acids is 1. The molecule has 0 aromatic heterocycles. The first kappa shape index (κ1) is 15.6. The Kier molecular flexibility index (Phi) is 5.44. The van der Waals surface area contributed by atoms with E-state index < -0.39 is 5.97 Å². The maximum atomic E-state index is 11.8. The first-order chi connectivity index (χ1) is 10.1. The molecule has 0 radical (unpaired) electrons. The van der Waals surface area contributed by atoms with E-state index in [1.54, 1.807) is 6.07 Å². The van der Waals surface area contributed by atoms with E-state index >= 15 is 0 Å². The van der Waals surface area contributed by atoms with Gasteiger partial charge in [-0.1, -0.05) is 36.9 Å². The van der Waals surface area contributed by atoms with Crippen molar-refractivity contribution in [2.45, 2.75) is 38.1 Å². The van der Waals surface area contributed by atoms with Crippen molar-refractivity contribution in [3.8, 4) is 5.75 Å². The zero-order valence-electron chi connectivity index (χ0n) is 11.6. The van der Waals surface area contributed by atoms with Crippen molar-refractivity contribution in [3.05, 3.63) is 28.8 Å². The predicted molar refractivity (Wildman–Crippen MR) is 78.9 cm³/mol. The fraction of sp³-hybridized carbons (Fsp3) is 0.467. The molecule has 2 rings (SSSR count). The molecule has 6 heteroatoms. The summed E-state index contributed by atoms with van der Waals surface area (Å²) in [6.45, 7) is -0.211. The summed E-state index contributed by atoms with van der Waals surface area (Å²) in [6.07, 6.45) is 5.45. The summed E-state index contributed by atoms with van der Waals surface area (Å²) >= 11 is 5.83. The third-order valence-electron chi connectivity index (χ3n) is 3.52. The lowest BCUT2D eigenvalue weighted by Gasteiger charge is -2.22. The molecule has 1 aromatic carbocycles. The Labute approximate surface area is 128 Å². The molecular formula is C15H18ClNO4. The van der Waals surface area contributed by atoms with Crippen LogP contribution in [0.15, 0.2) is 18.2 Å². The number of ether oxygens (including phenoxy) is 1. The average Bonchev–Trinajstić information content (AvgIpc) is 2.45. The van der Waals surface area contributed by atoms with Gasteiger partial charge in [-0.3, -0.25) is 4.79 Å². The zero-order chi connectivity index (χ0) is 15.2. The molecule has 0 unspecified atom stereocenters.